The van der Waals surface area contributed by atoms with Crippen molar-refractivity contribution in [1.29, 1.82) is 0 Å². The molecule has 120 valence electrons. The first kappa shape index (κ1) is 16.5. The molecule has 2 amide bonds. The Morgan fingerprint density at radius 3 is 2.55 bits per heavy atom. The van der Waals surface area contributed by atoms with Crippen LogP contribution in [0.4, 0.5) is 0 Å². The van der Waals surface area contributed by atoms with E-state index in [0.29, 0.717) is 12.2 Å². The predicted molar refractivity (Wildman–Crippen MR) is 84.5 cm³/mol. The predicted octanol–water partition coefficient (Wildman–Crippen LogP) is 1.74. The third-order valence-corrected chi connectivity index (χ3v) is 4.33. The zero-order chi connectivity index (χ0) is 16.2. The van der Waals surface area contributed by atoms with Gasteiger partial charge in [-0.15, -0.1) is 0 Å². The van der Waals surface area contributed by atoms with Gasteiger partial charge in [0, 0.05) is 23.6 Å². The van der Waals surface area contributed by atoms with Crippen LogP contribution in [0.5, 0.6) is 0 Å². The summed E-state index contributed by atoms with van der Waals surface area (Å²) in [4.78, 5) is 23.8. The number of ether oxygens (including phenoxy) is 1. The van der Waals surface area contributed by atoms with Gasteiger partial charge in [-0.3, -0.25) is 9.59 Å². The van der Waals surface area contributed by atoms with E-state index in [-0.39, 0.29) is 35.9 Å². The lowest BCUT2D eigenvalue weighted by atomic mass is 9.64. The lowest BCUT2D eigenvalue weighted by Crippen LogP contribution is -2.62. The molecule has 0 aromatic heterocycles. The van der Waals surface area contributed by atoms with Gasteiger partial charge in [-0.2, -0.15) is 0 Å². The van der Waals surface area contributed by atoms with Crippen molar-refractivity contribution in [2.75, 3.05) is 13.2 Å². The lowest BCUT2D eigenvalue weighted by molar-refractivity contribution is -0.135. The normalized spacial score (nSPS) is 22.5. The lowest BCUT2D eigenvalue weighted by Gasteiger charge is -2.51. The Morgan fingerprint density at radius 1 is 1.27 bits per heavy atom. The van der Waals surface area contributed by atoms with Crippen LogP contribution in [0.2, 0.25) is 0 Å². The first-order valence-corrected chi connectivity index (χ1v) is 7.69. The van der Waals surface area contributed by atoms with Gasteiger partial charge in [0.1, 0.15) is 0 Å². The van der Waals surface area contributed by atoms with Crippen LogP contribution in [0, 0.1) is 5.41 Å². The summed E-state index contributed by atoms with van der Waals surface area (Å²) in [5.74, 6) is -0.409. The summed E-state index contributed by atoms with van der Waals surface area (Å²) < 4.78 is 5.64. The Balaban J connectivity index is 1.76. The fraction of sp³-hybridized carbons (Fsp3) is 0.529. The van der Waals surface area contributed by atoms with E-state index in [1.165, 1.54) is 0 Å². The number of nitrogens with one attached hydrogen (secondary N) is 2. The highest BCUT2D eigenvalue weighted by atomic mass is 16.5. The second-order valence-corrected chi connectivity index (χ2v) is 6.17. The molecule has 2 atom stereocenters. The minimum absolute atomic E-state index is 0.0143. The van der Waals surface area contributed by atoms with E-state index in [0.717, 1.165) is 6.42 Å². The Labute approximate surface area is 131 Å². The van der Waals surface area contributed by atoms with E-state index in [2.05, 4.69) is 24.5 Å². The van der Waals surface area contributed by atoms with Gasteiger partial charge in [0.25, 0.3) is 5.91 Å². The zero-order valence-corrected chi connectivity index (χ0v) is 13.4. The number of hydrogen-bond acceptors (Lipinski definition) is 3. The molecule has 1 aliphatic carbocycles. The van der Waals surface area contributed by atoms with Gasteiger partial charge < -0.3 is 15.4 Å². The summed E-state index contributed by atoms with van der Waals surface area (Å²) in [5.41, 5.74) is 0.477. The SMILES string of the molecule is CCO[C@@H]1C[C@H](NC(=O)CNC(=O)c2ccccc2)C1(C)C. The first-order valence-electron chi connectivity index (χ1n) is 7.69. The Bertz CT molecular complexity index is 528. The van der Waals surface area contributed by atoms with Gasteiger partial charge >= 0.3 is 0 Å². The van der Waals surface area contributed by atoms with Gasteiger partial charge in [-0.05, 0) is 25.5 Å². The molecule has 5 nitrogen and oxygen atoms in total. The number of rotatable bonds is 6. The van der Waals surface area contributed by atoms with Crippen molar-refractivity contribution < 1.29 is 14.3 Å². The average molecular weight is 304 g/mol. The van der Waals surface area contributed by atoms with Crippen LogP contribution < -0.4 is 10.6 Å². The second-order valence-electron chi connectivity index (χ2n) is 6.17. The highest BCUT2D eigenvalue weighted by Gasteiger charge is 2.49. The molecular formula is C17H24N2O3. The van der Waals surface area contributed by atoms with Crippen LogP contribution >= 0.6 is 0 Å². The number of benzene rings is 1. The average Bonchev–Trinajstić information content (AvgIpc) is 2.52. The fourth-order valence-electron chi connectivity index (χ4n) is 2.71. The van der Waals surface area contributed by atoms with Crippen molar-refractivity contribution in [3.05, 3.63) is 35.9 Å². The quantitative estimate of drug-likeness (QED) is 0.841. The molecule has 2 N–H and O–H groups in total. The smallest absolute Gasteiger partial charge is 0.251 e. The van der Waals surface area contributed by atoms with Crippen LogP contribution in [0.1, 0.15) is 37.6 Å². The maximum atomic E-state index is 12.0. The van der Waals surface area contributed by atoms with Crippen LogP contribution in [0.3, 0.4) is 0 Å². The van der Waals surface area contributed by atoms with Gasteiger partial charge in [0.05, 0.1) is 12.6 Å². The standard InChI is InChI=1S/C17H24N2O3/c1-4-22-14-10-13(17(14,2)3)19-15(20)11-18-16(21)12-8-6-5-7-9-12/h5-9,13-14H,4,10-11H2,1-3H3,(H,18,21)(H,19,20)/t13-,14+/m0/s1. The van der Waals surface area contributed by atoms with Crippen molar-refractivity contribution in [2.24, 2.45) is 5.41 Å². The molecule has 1 fully saturated rings. The third-order valence-electron chi connectivity index (χ3n) is 4.33. The molecule has 0 unspecified atom stereocenters. The van der Waals surface area contributed by atoms with Crippen molar-refractivity contribution in [3.8, 4) is 0 Å². The molecule has 22 heavy (non-hydrogen) atoms. The Hall–Kier alpha value is -1.88. The Kier molecular flexibility index (Phi) is 5.19. The molecular weight excluding hydrogens is 280 g/mol. The van der Waals surface area contributed by atoms with E-state index < -0.39 is 0 Å². The van der Waals surface area contributed by atoms with Crippen LogP contribution in [-0.2, 0) is 9.53 Å². The van der Waals surface area contributed by atoms with Gasteiger partial charge in [0.15, 0.2) is 0 Å². The summed E-state index contributed by atoms with van der Waals surface area (Å²) in [7, 11) is 0. The maximum absolute atomic E-state index is 12.0. The number of amides is 2. The van der Waals surface area contributed by atoms with Crippen molar-refractivity contribution in [2.45, 2.75) is 39.3 Å². The van der Waals surface area contributed by atoms with Crippen LogP contribution in [-0.4, -0.2) is 37.1 Å². The van der Waals surface area contributed by atoms with E-state index in [4.69, 9.17) is 4.74 Å². The highest BCUT2D eigenvalue weighted by Crippen LogP contribution is 2.42. The van der Waals surface area contributed by atoms with Gasteiger partial charge in [-0.25, -0.2) is 0 Å². The molecule has 5 heteroatoms. The molecule has 0 aliphatic heterocycles. The maximum Gasteiger partial charge on any atom is 0.251 e. The van der Waals surface area contributed by atoms with E-state index in [1.54, 1.807) is 24.3 Å². The first-order chi connectivity index (χ1) is 10.4. The molecule has 0 spiro atoms. The number of hydrogen-bond donors (Lipinski definition) is 2. The van der Waals surface area contributed by atoms with Gasteiger partial charge in [-0.1, -0.05) is 32.0 Å². The number of carbonyl (C=O) groups excluding carboxylic acids is 2. The van der Waals surface area contributed by atoms with Gasteiger partial charge in [0.2, 0.25) is 5.91 Å². The highest BCUT2D eigenvalue weighted by molar-refractivity contribution is 5.96. The largest absolute Gasteiger partial charge is 0.378 e. The Morgan fingerprint density at radius 2 is 1.95 bits per heavy atom. The summed E-state index contributed by atoms with van der Waals surface area (Å²) in [5, 5.41) is 5.60. The summed E-state index contributed by atoms with van der Waals surface area (Å²) in [6.45, 7) is 6.82. The van der Waals surface area contributed by atoms with Crippen molar-refractivity contribution in [1.82, 2.24) is 10.6 Å². The minimum Gasteiger partial charge on any atom is -0.378 e. The molecule has 1 aliphatic rings. The third kappa shape index (κ3) is 3.65. The summed E-state index contributed by atoms with van der Waals surface area (Å²) in [6, 6.07) is 8.95. The molecule has 2 rings (SSSR count). The topological polar surface area (TPSA) is 67.4 Å². The van der Waals surface area contributed by atoms with Crippen LogP contribution in [0.15, 0.2) is 30.3 Å². The molecule has 1 aromatic rings. The molecule has 1 aromatic carbocycles. The molecule has 0 bridgehead atoms. The van der Waals surface area contributed by atoms with E-state index >= 15 is 0 Å². The molecule has 1 saturated carbocycles. The monoisotopic (exact) mass is 304 g/mol. The summed E-state index contributed by atoms with van der Waals surface area (Å²) >= 11 is 0. The summed E-state index contributed by atoms with van der Waals surface area (Å²) in [6.07, 6.45) is 1.00. The van der Waals surface area contributed by atoms with E-state index in [9.17, 15) is 9.59 Å². The number of carbonyl (C=O) groups is 2. The van der Waals surface area contributed by atoms with Crippen molar-refractivity contribution in [3.63, 3.8) is 0 Å². The molecule has 0 heterocycles. The van der Waals surface area contributed by atoms with E-state index in [1.807, 2.05) is 13.0 Å². The minimum atomic E-state index is -0.240. The van der Waals surface area contributed by atoms with Crippen molar-refractivity contribution >= 4 is 11.8 Å². The zero-order valence-electron chi connectivity index (χ0n) is 13.4. The van der Waals surface area contributed by atoms with Crippen LogP contribution in [0.25, 0.3) is 0 Å². The molecule has 0 radical (unpaired) electrons. The molecule has 0 saturated heterocycles. The fourth-order valence-corrected chi connectivity index (χ4v) is 2.71. The second kappa shape index (κ2) is 6.92.